The number of rotatable bonds is 5. The maximum absolute atomic E-state index is 11.5. The van der Waals surface area contributed by atoms with Gasteiger partial charge in [-0.15, -0.1) is 0 Å². The third-order valence-corrected chi connectivity index (χ3v) is 5.42. The van der Waals surface area contributed by atoms with E-state index in [0.717, 1.165) is 5.75 Å². The van der Waals surface area contributed by atoms with E-state index in [4.69, 9.17) is 15.9 Å². The second kappa shape index (κ2) is 6.44. The molecule has 6 nitrogen and oxygen atoms in total. The lowest BCUT2D eigenvalue weighted by Crippen LogP contribution is -2.48. The van der Waals surface area contributed by atoms with Crippen LogP contribution in [0.1, 0.15) is 12.5 Å². The van der Waals surface area contributed by atoms with Gasteiger partial charge in [-0.05, 0) is 31.2 Å². The molecule has 0 aliphatic carbocycles. The van der Waals surface area contributed by atoms with E-state index in [-0.39, 0.29) is 23.4 Å². The Balaban J connectivity index is 1.80. The number of hydrogen-bond donors (Lipinski definition) is 2. The Morgan fingerprint density at radius 1 is 1.43 bits per heavy atom. The standard InChI is InChI=1S/C14H21N3O3S/c1-11-10-21(18,19)9-7-17(11)6-8-20-13-4-2-12(3-5-13)14(15)16/h2-5,11H,6-10H2,1H3,(H3,15,16). The number of nitrogens with zero attached hydrogens (tertiary/aromatic N) is 1. The lowest BCUT2D eigenvalue weighted by atomic mass is 10.2. The van der Waals surface area contributed by atoms with Gasteiger partial charge in [0.2, 0.25) is 0 Å². The Kier molecular flexibility index (Phi) is 4.84. The van der Waals surface area contributed by atoms with Gasteiger partial charge in [0, 0.05) is 24.7 Å². The highest BCUT2D eigenvalue weighted by Gasteiger charge is 2.27. The molecule has 116 valence electrons. The fourth-order valence-corrected chi connectivity index (χ4v) is 4.00. The third kappa shape index (κ3) is 4.44. The fraction of sp³-hybridized carbons (Fsp3) is 0.500. The number of sulfone groups is 1. The molecule has 1 unspecified atom stereocenters. The average Bonchev–Trinajstić information content (AvgIpc) is 2.41. The molecule has 0 radical (unpaired) electrons. The highest BCUT2D eigenvalue weighted by Crippen LogP contribution is 2.14. The van der Waals surface area contributed by atoms with Crippen molar-refractivity contribution in [2.75, 3.05) is 31.2 Å². The molecule has 3 N–H and O–H groups in total. The monoisotopic (exact) mass is 311 g/mol. The molecule has 1 saturated heterocycles. The van der Waals surface area contributed by atoms with Gasteiger partial charge in [0.05, 0.1) is 11.5 Å². The third-order valence-electron chi connectivity index (χ3n) is 3.62. The summed E-state index contributed by atoms with van der Waals surface area (Å²) >= 11 is 0. The van der Waals surface area contributed by atoms with Crippen LogP contribution in [0.5, 0.6) is 5.75 Å². The summed E-state index contributed by atoms with van der Waals surface area (Å²) in [6.07, 6.45) is 0. The molecule has 7 heteroatoms. The van der Waals surface area contributed by atoms with Gasteiger partial charge in [0.15, 0.2) is 9.84 Å². The molecule has 2 rings (SSSR count). The van der Waals surface area contributed by atoms with Gasteiger partial charge >= 0.3 is 0 Å². The maximum Gasteiger partial charge on any atom is 0.153 e. The summed E-state index contributed by atoms with van der Waals surface area (Å²) < 4.78 is 28.6. The predicted molar refractivity (Wildman–Crippen MR) is 82.6 cm³/mol. The molecule has 21 heavy (non-hydrogen) atoms. The molecular formula is C14H21N3O3S. The fourth-order valence-electron chi connectivity index (χ4n) is 2.38. The highest BCUT2D eigenvalue weighted by molar-refractivity contribution is 7.91. The van der Waals surface area contributed by atoms with Crippen molar-refractivity contribution in [1.29, 1.82) is 5.41 Å². The van der Waals surface area contributed by atoms with Crippen molar-refractivity contribution in [2.24, 2.45) is 5.73 Å². The number of ether oxygens (including phenoxy) is 1. The number of nitrogen functional groups attached to an aromatic ring is 1. The highest BCUT2D eigenvalue weighted by atomic mass is 32.2. The Hall–Kier alpha value is -1.60. The van der Waals surface area contributed by atoms with Crippen LogP contribution in [0.4, 0.5) is 0 Å². The summed E-state index contributed by atoms with van der Waals surface area (Å²) in [6.45, 7) is 3.70. The summed E-state index contributed by atoms with van der Waals surface area (Å²) in [6, 6.07) is 7.08. The molecule has 1 fully saturated rings. The lowest BCUT2D eigenvalue weighted by molar-refractivity contribution is 0.179. The number of amidine groups is 1. The second-order valence-electron chi connectivity index (χ2n) is 5.29. The molecule has 0 bridgehead atoms. The number of hydrogen-bond acceptors (Lipinski definition) is 5. The molecule has 0 amide bonds. The van der Waals surface area contributed by atoms with E-state index in [2.05, 4.69) is 4.90 Å². The van der Waals surface area contributed by atoms with Crippen molar-refractivity contribution in [3.8, 4) is 5.75 Å². The van der Waals surface area contributed by atoms with Crippen LogP contribution < -0.4 is 10.5 Å². The summed E-state index contributed by atoms with van der Waals surface area (Å²) in [5, 5.41) is 7.31. The molecule has 1 aromatic rings. The molecule has 1 aliphatic rings. The predicted octanol–water partition coefficient (Wildman–Crippen LogP) is 0.468. The van der Waals surface area contributed by atoms with Crippen molar-refractivity contribution in [1.82, 2.24) is 4.90 Å². The number of nitrogens with two attached hydrogens (primary N) is 1. The van der Waals surface area contributed by atoms with Crippen LogP contribution in [0, 0.1) is 5.41 Å². The molecule has 0 saturated carbocycles. The lowest BCUT2D eigenvalue weighted by Gasteiger charge is -2.32. The number of nitrogens with one attached hydrogen (secondary N) is 1. The van der Waals surface area contributed by atoms with Crippen LogP contribution in [0.3, 0.4) is 0 Å². The van der Waals surface area contributed by atoms with Gasteiger partial charge in [-0.2, -0.15) is 0 Å². The molecule has 1 atom stereocenters. The second-order valence-corrected chi connectivity index (χ2v) is 7.51. The van der Waals surface area contributed by atoms with Gasteiger partial charge in [-0.3, -0.25) is 10.3 Å². The van der Waals surface area contributed by atoms with Gasteiger partial charge in [0.25, 0.3) is 0 Å². The Bertz CT molecular complexity index is 598. The first-order valence-corrected chi connectivity index (χ1v) is 8.71. The van der Waals surface area contributed by atoms with Crippen molar-refractivity contribution in [3.05, 3.63) is 29.8 Å². The van der Waals surface area contributed by atoms with Gasteiger partial charge in [-0.25, -0.2) is 8.42 Å². The zero-order chi connectivity index (χ0) is 15.5. The van der Waals surface area contributed by atoms with E-state index in [9.17, 15) is 8.42 Å². The molecule has 0 spiro atoms. The van der Waals surface area contributed by atoms with E-state index in [1.165, 1.54) is 0 Å². The normalized spacial score (nSPS) is 21.9. The molecular weight excluding hydrogens is 290 g/mol. The van der Waals surface area contributed by atoms with Crippen molar-refractivity contribution in [3.63, 3.8) is 0 Å². The smallest absolute Gasteiger partial charge is 0.153 e. The first kappa shape index (κ1) is 15.8. The van der Waals surface area contributed by atoms with Crippen LogP contribution in [0.15, 0.2) is 24.3 Å². The quantitative estimate of drug-likeness (QED) is 0.608. The zero-order valence-electron chi connectivity index (χ0n) is 12.1. The molecule has 0 aromatic heterocycles. The molecule has 1 aromatic carbocycles. The zero-order valence-corrected chi connectivity index (χ0v) is 12.9. The Morgan fingerprint density at radius 2 is 2.10 bits per heavy atom. The van der Waals surface area contributed by atoms with Crippen molar-refractivity contribution >= 4 is 15.7 Å². The van der Waals surface area contributed by atoms with E-state index in [1.807, 2.05) is 6.92 Å². The van der Waals surface area contributed by atoms with Crippen LogP contribution in [-0.4, -0.2) is 56.4 Å². The summed E-state index contributed by atoms with van der Waals surface area (Å²) in [5.74, 6) is 1.20. The van der Waals surface area contributed by atoms with E-state index < -0.39 is 9.84 Å². The average molecular weight is 311 g/mol. The van der Waals surface area contributed by atoms with Crippen LogP contribution in [-0.2, 0) is 9.84 Å². The Labute approximate surface area is 125 Å². The largest absolute Gasteiger partial charge is 0.492 e. The summed E-state index contributed by atoms with van der Waals surface area (Å²) in [5.41, 5.74) is 6.05. The minimum Gasteiger partial charge on any atom is -0.492 e. The minimum absolute atomic E-state index is 0.0323. The topological polar surface area (TPSA) is 96.5 Å². The number of benzene rings is 1. The van der Waals surface area contributed by atoms with Crippen molar-refractivity contribution in [2.45, 2.75) is 13.0 Å². The van der Waals surface area contributed by atoms with Crippen LogP contribution >= 0.6 is 0 Å². The van der Waals surface area contributed by atoms with Crippen LogP contribution in [0.2, 0.25) is 0 Å². The Morgan fingerprint density at radius 3 is 2.67 bits per heavy atom. The summed E-state index contributed by atoms with van der Waals surface area (Å²) in [4.78, 5) is 2.13. The maximum atomic E-state index is 11.5. The van der Waals surface area contributed by atoms with Gasteiger partial charge in [-0.1, -0.05) is 0 Å². The molecule has 1 aliphatic heterocycles. The molecule has 1 heterocycles. The van der Waals surface area contributed by atoms with E-state index in [1.54, 1.807) is 24.3 Å². The minimum atomic E-state index is -2.87. The SMILES string of the molecule is CC1CS(=O)(=O)CCN1CCOc1ccc(C(=N)N)cc1. The first-order chi connectivity index (χ1) is 9.87. The van der Waals surface area contributed by atoms with Gasteiger partial charge < -0.3 is 10.5 Å². The summed E-state index contributed by atoms with van der Waals surface area (Å²) in [7, 11) is -2.87. The van der Waals surface area contributed by atoms with Crippen LogP contribution in [0.25, 0.3) is 0 Å². The van der Waals surface area contributed by atoms with E-state index >= 15 is 0 Å². The van der Waals surface area contributed by atoms with Crippen molar-refractivity contribution < 1.29 is 13.2 Å². The first-order valence-electron chi connectivity index (χ1n) is 6.89. The van der Waals surface area contributed by atoms with E-state index in [0.29, 0.717) is 25.3 Å². The van der Waals surface area contributed by atoms with Gasteiger partial charge in [0.1, 0.15) is 18.2 Å².